The summed E-state index contributed by atoms with van der Waals surface area (Å²) in [4.78, 5) is -0.199. The van der Waals surface area contributed by atoms with Crippen molar-refractivity contribution in [2.75, 3.05) is 0 Å². The van der Waals surface area contributed by atoms with Gasteiger partial charge in [-0.1, -0.05) is 30.3 Å². The number of nitrogens with one attached hydrogen (secondary N) is 1. The number of sulfonamides is 1. The normalized spacial score (nSPS) is 19.6. The maximum absolute atomic E-state index is 13.9. The molecule has 4 aromatic rings. The van der Waals surface area contributed by atoms with Gasteiger partial charge in [0.2, 0.25) is 10.0 Å². The predicted molar refractivity (Wildman–Crippen MR) is 124 cm³/mol. The fourth-order valence-corrected chi connectivity index (χ4v) is 7.13. The van der Waals surface area contributed by atoms with Crippen molar-refractivity contribution >= 4 is 10.0 Å². The number of hydrogen-bond acceptors (Lipinski definition) is 3. The van der Waals surface area contributed by atoms with Gasteiger partial charge in [0.25, 0.3) is 0 Å². The Morgan fingerprint density at radius 2 is 1.64 bits per heavy atom. The highest BCUT2D eigenvalue weighted by Gasteiger charge is 2.48. The zero-order chi connectivity index (χ0) is 25.2. The molecule has 6 rings (SSSR count). The first-order valence-corrected chi connectivity index (χ1v) is 12.7. The maximum Gasteiger partial charge on any atom is 0.416 e. The highest BCUT2D eigenvalue weighted by molar-refractivity contribution is 7.89. The van der Waals surface area contributed by atoms with Gasteiger partial charge < -0.3 is 0 Å². The summed E-state index contributed by atoms with van der Waals surface area (Å²) in [6.07, 6.45) is -2.20. The van der Waals surface area contributed by atoms with E-state index in [-0.39, 0.29) is 10.7 Å². The van der Waals surface area contributed by atoms with E-state index in [4.69, 9.17) is 0 Å². The smallest absolute Gasteiger partial charge is 0.282 e. The van der Waals surface area contributed by atoms with Gasteiger partial charge in [0.05, 0.1) is 22.7 Å². The van der Waals surface area contributed by atoms with E-state index < -0.39 is 33.8 Å². The quantitative estimate of drug-likeness (QED) is 0.368. The zero-order valence-electron chi connectivity index (χ0n) is 18.6. The lowest BCUT2D eigenvalue weighted by Gasteiger charge is -2.45. The summed E-state index contributed by atoms with van der Waals surface area (Å²) in [5.41, 5.74) is 4.07. The third-order valence-electron chi connectivity index (χ3n) is 6.96. The molecule has 0 saturated heterocycles. The Kier molecular flexibility index (Phi) is 5.10. The molecule has 0 spiro atoms. The Hall–Kier alpha value is -3.50. The molecule has 2 atom stereocenters. The second-order valence-corrected chi connectivity index (χ2v) is 10.8. The number of aromatic amines is 1. The third kappa shape index (κ3) is 3.55. The fraction of sp³-hybridized carbons (Fsp3) is 0.192. The summed E-state index contributed by atoms with van der Waals surface area (Å²) < 4.78 is 81.9. The van der Waals surface area contributed by atoms with Gasteiger partial charge in [-0.05, 0) is 65.1 Å². The van der Waals surface area contributed by atoms with E-state index in [1.807, 2.05) is 18.2 Å². The van der Waals surface area contributed by atoms with E-state index >= 15 is 0 Å². The van der Waals surface area contributed by atoms with Crippen molar-refractivity contribution in [1.29, 1.82) is 0 Å². The summed E-state index contributed by atoms with van der Waals surface area (Å²) in [7, 11) is -4.16. The molecule has 1 N–H and O–H groups in total. The van der Waals surface area contributed by atoms with Crippen LogP contribution in [-0.2, 0) is 29.0 Å². The SMILES string of the molecule is O=S(=O)(c1ccc(C(F)(F)F)cc1)N1C2Cc3[nH]ncc3C1c1cccc(-c3ccc(F)cc3)c1C2. The van der Waals surface area contributed by atoms with Crippen LogP contribution < -0.4 is 0 Å². The minimum Gasteiger partial charge on any atom is -0.282 e. The molecule has 3 heterocycles. The molecule has 2 aliphatic heterocycles. The molecular formula is C26H19F4N3O2S. The van der Waals surface area contributed by atoms with Gasteiger partial charge in [0, 0.05) is 23.7 Å². The van der Waals surface area contributed by atoms with Crippen molar-refractivity contribution in [2.45, 2.75) is 36.0 Å². The number of H-pyrrole nitrogens is 1. The molecule has 0 aliphatic carbocycles. The third-order valence-corrected chi connectivity index (χ3v) is 8.89. The number of alkyl halides is 3. The molecule has 2 bridgehead atoms. The first kappa shape index (κ1) is 22.9. The van der Waals surface area contributed by atoms with E-state index in [0.717, 1.165) is 52.2 Å². The lowest BCUT2D eigenvalue weighted by atomic mass is 9.78. The molecule has 3 aromatic carbocycles. The lowest BCUT2D eigenvalue weighted by Crippen LogP contribution is -2.51. The molecule has 10 heteroatoms. The van der Waals surface area contributed by atoms with Gasteiger partial charge >= 0.3 is 6.18 Å². The Bertz CT molecular complexity index is 1560. The van der Waals surface area contributed by atoms with E-state index in [2.05, 4.69) is 10.2 Å². The van der Waals surface area contributed by atoms with Crippen molar-refractivity contribution in [2.24, 2.45) is 0 Å². The van der Waals surface area contributed by atoms with Crippen LogP contribution in [0.4, 0.5) is 17.6 Å². The summed E-state index contributed by atoms with van der Waals surface area (Å²) in [6, 6.07) is 14.2. The molecule has 0 radical (unpaired) electrons. The second kappa shape index (κ2) is 8.01. The molecule has 0 fully saturated rings. The average Bonchev–Trinajstić information content (AvgIpc) is 3.31. The largest absolute Gasteiger partial charge is 0.416 e. The van der Waals surface area contributed by atoms with E-state index in [0.29, 0.717) is 18.4 Å². The summed E-state index contributed by atoms with van der Waals surface area (Å²) in [6.45, 7) is 0. The van der Waals surface area contributed by atoms with Crippen LogP contribution in [0.2, 0.25) is 0 Å². The van der Waals surface area contributed by atoms with Gasteiger partial charge in [0.1, 0.15) is 5.82 Å². The topological polar surface area (TPSA) is 66.1 Å². The molecule has 36 heavy (non-hydrogen) atoms. The number of rotatable bonds is 3. The minimum atomic E-state index is -4.56. The first-order valence-electron chi connectivity index (χ1n) is 11.3. The fourth-order valence-electron chi connectivity index (χ4n) is 5.36. The molecule has 0 amide bonds. The van der Waals surface area contributed by atoms with Crippen LogP contribution in [0, 0.1) is 5.82 Å². The zero-order valence-corrected chi connectivity index (χ0v) is 19.4. The second-order valence-electron chi connectivity index (χ2n) is 9.01. The molecular weight excluding hydrogens is 494 g/mol. The van der Waals surface area contributed by atoms with Gasteiger partial charge in [-0.15, -0.1) is 0 Å². The molecule has 184 valence electrons. The van der Waals surface area contributed by atoms with E-state index in [1.165, 1.54) is 16.4 Å². The van der Waals surface area contributed by atoms with Gasteiger partial charge in [-0.3, -0.25) is 5.10 Å². The van der Waals surface area contributed by atoms with Crippen LogP contribution >= 0.6 is 0 Å². The Morgan fingerprint density at radius 1 is 0.917 bits per heavy atom. The maximum atomic E-state index is 13.9. The van der Waals surface area contributed by atoms with Gasteiger partial charge in [0.15, 0.2) is 0 Å². The van der Waals surface area contributed by atoms with Crippen LogP contribution in [0.15, 0.2) is 77.8 Å². The van der Waals surface area contributed by atoms with Crippen molar-refractivity contribution in [1.82, 2.24) is 14.5 Å². The molecule has 2 unspecified atom stereocenters. The number of aromatic nitrogens is 2. The Balaban J connectivity index is 1.50. The summed E-state index contributed by atoms with van der Waals surface area (Å²) >= 11 is 0. The van der Waals surface area contributed by atoms with Crippen LogP contribution in [0.3, 0.4) is 0 Å². The molecule has 5 nitrogen and oxygen atoms in total. The summed E-state index contributed by atoms with van der Waals surface area (Å²) in [5, 5.41) is 7.11. The van der Waals surface area contributed by atoms with Crippen molar-refractivity contribution in [3.05, 3.63) is 107 Å². The standard InChI is InChI=1S/C26H19F4N3O2S/c27-17-8-4-15(5-9-17)20-2-1-3-21-22(20)12-18-13-24-23(14-31-32-24)25(21)33(18)36(34,35)19-10-6-16(7-11-19)26(28,29)30/h1-11,14,18,25H,12-13H2,(H,31,32). The van der Waals surface area contributed by atoms with Gasteiger partial charge in [-0.2, -0.15) is 22.6 Å². The number of benzene rings is 3. The monoisotopic (exact) mass is 513 g/mol. The minimum absolute atomic E-state index is 0.199. The van der Waals surface area contributed by atoms with E-state index in [1.54, 1.807) is 18.3 Å². The van der Waals surface area contributed by atoms with Crippen LogP contribution in [-0.4, -0.2) is 29.0 Å². The first-order chi connectivity index (χ1) is 17.1. The average molecular weight is 514 g/mol. The molecule has 0 saturated carbocycles. The lowest BCUT2D eigenvalue weighted by molar-refractivity contribution is -0.137. The highest BCUT2D eigenvalue weighted by Crippen LogP contribution is 2.48. The molecule has 2 aliphatic rings. The summed E-state index contributed by atoms with van der Waals surface area (Å²) in [5.74, 6) is -0.350. The number of nitrogens with zero attached hydrogens (tertiary/aromatic N) is 2. The Morgan fingerprint density at radius 3 is 2.33 bits per heavy atom. The Labute approximate surface area is 204 Å². The van der Waals surface area contributed by atoms with Gasteiger partial charge in [-0.25, -0.2) is 12.8 Å². The van der Waals surface area contributed by atoms with Crippen LogP contribution in [0.25, 0.3) is 11.1 Å². The predicted octanol–water partition coefficient (Wildman–Crippen LogP) is 5.50. The van der Waals surface area contributed by atoms with E-state index in [9.17, 15) is 26.0 Å². The van der Waals surface area contributed by atoms with Crippen LogP contribution in [0.1, 0.15) is 34.0 Å². The highest BCUT2D eigenvalue weighted by atomic mass is 32.2. The van der Waals surface area contributed by atoms with Crippen molar-refractivity contribution < 1.29 is 26.0 Å². The number of halogens is 4. The number of fused-ring (bicyclic) bond motifs is 6. The van der Waals surface area contributed by atoms with Crippen LogP contribution in [0.5, 0.6) is 0 Å². The van der Waals surface area contributed by atoms with Crippen molar-refractivity contribution in [3.63, 3.8) is 0 Å². The van der Waals surface area contributed by atoms with Crippen molar-refractivity contribution in [3.8, 4) is 11.1 Å². The molecule has 1 aromatic heterocycles. The number of hydrogen-bond donors (Lipinski definition) is 1.